The molecule has 1 aromatic carbocycles. The Kier molecular flexibility index (Phi) is 4.39. The van der Waals surface area contributed by atoms with E-state index in [1.54, 1.807) is 0 Å². The van der Waals surface area contributed by atoms with Gasteiger partial charge in [0.05, 0.1) is 12.1 Å². The third-order valence-corrected chi connectivity index (χ3v) is 5.30. The van der Waals surface area contributed by atoms with Gasteiger partial charge in [-0.25, -0.2) is 4.99 Å². The normalized spacial score (nSPS) is 26.4. The molecule has 0 aromatic heterocycles. The number of rotatable bonds is 5. The third kappa shape index (κ3) is 2.72. The zero-order valence-electron chi connectivity index (χ0n) is 13.6. The van der Waals surface area contributed by atoms with Gasteiger partial charge < -0.3 is 15.8 Å². The summed E-state index contributed by atoms with van der Waals surface area (Å²) in [7, 11) is 0. The van der Waals surface area contributed by atoms with Gasteiger partial charge >= 0.3 is 0 Å². The lowest BCUT2D eigenvalue weighted by Crippen LogP contribution is -2.61. The molecule has 3 rings (SSSR count). The van der Waals surface area contributed by atoms with E-state index in [0.717, 1.165) is 25.1 Å². The molecule has 3 N–H and O–H groups in total. The maximum atomic E-state index is 6.13. The number of hydrogen-bond donors (Lipinski definition) is 2. The van der Waals surface area contributed by atoms with E-state index in [9.17, 15) is 0 Å². The predicted octanol–water partition coefficient (Wildman–Crippen LogP) is 3.32. The van der Waals surface area contributed by atoms with Crippen LogP contribution < -0.4 is 11.1 Å². The lowest BCUT2D eigenvalue weighted by Gasteiger charge is -2.59. The number of hydrogen-bond acceptors (Lipinski definition) is 2. The molecule has 1 spiro atoms. The fraction of sp³-hybridized carbons (Fsp3) is 0.611. The molecule has 120 valence electrons. The van der Waals surface area contributed by atoms with Gasteiger partial charge in [0.15, 0.2) is 5.96 Å². The second kappa shape index (κ2) is 6.29. The predicted molar refractivity (Wildman–Crippen MR) is 91.2 cm³/mol. The largest absolute Gasteiger partial charge is 0.378 e. The van der Waals surface area contributed by atoms with Gasteiger partial charge in [-0.3, -0.25) is 0 Å². The van der Waals surface area contributed by atoms with Crippen LogP contribution in [0.3, 0.4) is 0 Å². The number of guanidine groups is 1. The Morgan fingerprint density at radius 1 is 1.41 bits per heavy atom. The maximum Gasteiger partial charge on any atom is 0.193 e. The van der Waals surface area contributed by atoms with Gasteiger partial charge in [0.25, 0.3) is 0 Å². The first kappa shape index (κ1) is 15.3. The summed E-state index contributed by atoms with van der Waals surface area (Å²) in [6.45, 7) is 5.01. The van der Waals surface area contributed by atoms with Crippen molar-refractivity contribution in [1.82, 2.24) is 0 Å². The van der Waals surface area contributed by atoms with Crippen LogP contribution in [0.15, 0.2) is 29.3 Å². The summed E-state index contributed by atoms with van der Waals surface area (Å²) in [6, 6.07) is 8.66. The quantitative estimate of drug-likeness (QED) is 0.648. The molecule has 22 heavy (non-hydrogen) atoms. The van der Waals surface area contributed by atoms with Crippen LogP contribution in [0.5, 0.6) is 0 Å². The number of nitrogens with two attached hydrogens (primary N) is 1. The Morgan fingerprint density at radius 2 is 2.23 bits per heavy atom. The van der Waals surface area contributed by atoms with Crippen molar-refractivity contribution >= 4 is 11.6 Å². The number of aryl methyl sites for hydroxylation is 1. The van der Waals surface area contributed by atoms with E-state index >= 15 is 0 Å². The first-order valence-electron chi connectivity index (χ1n) is 8.48. The number of nitrogens with one attached hydrogen (secondary N) is 1. The van der Waals surface area contributed by atoms with E-state index in [2.05, 4.69) is 37.4 Å². The lowest BCUT2D eigenvalue weighted by atomic mass is 9.51. The number of ether oxygens (including phenoxy) is 1. The summed E-state index contributed by atoms with van der Waals surface area (Å²) in [6.07, 6.45) is 6.16. The molecule has 0 aliphatic heterocycles. The van der Waals surface area contributed by atoms with Gasteiger partial charge in [0.2, 0.25) is 0 Å². The van der Waals surface area contributed by atoms with Crippen molar-refractivity contribution in [3.8, 4) is 0 Å². The SMILES string of the molecule is CCOC1CC(N=C(N)Nc2cccc(CC)c2)C12CCC2. The monoisotopic (exact) mass is 301 g/mol. The van der Waals surface area contributed by atoms with Gasteiger partial charge in [-0.05, 0) is 50.3 Å². The van der Waals surface area contributed by atoms with Crippen LogP contribution in [0, 0.1) is 5.41 Å². The average molecular weight is 301 g/mol. The second-order valence-corrected chi connectivity index (χ2v) is 6.48. The smallest absolute Gasteiger partial charge is 0.193 e. The van der Waals surface area contributed by atoms with Crippen LogP contribution in [-0.4, -0.2) is 24.7 Å². The van der Waals surface area contributed by atoms with E-state index in [1.165, 1.54) is 24.8 Å². The van der Waals surface area contributed by atoms with Crippen molar-refractivity contribution in [2.45, 2.75) is 58.1 Å². The van der Waals surface area contributed by atoms with E-state index in [1.807, 2.05) is 6.07 Å². The topological polar surface area (TPSA) is 59.6 Å². The molecule has 0 bridgehead atoms. The van der Waals surface area contributed by atoms with Crippen molar-refractivity contribution in [2.24, 2.45) is 16.1 Å². The van der Waals surface area contributed by atoms with Crippen LogP contribution in [0.1, 0.15) is 45.1 Å². The van der Waals surface area contributed by atoms with Crippen LogP contribution >= 0.6 is 0 Å². The van der Waals surface area contributed by atoms with Gasteiger partial charge in [-0.1, -0.05) is 25.5 Å². The van der Waals surface area contributed by atoms with Gasteiger partial charge in [0.1, 0.15) is 0 Å². The number of benzene rings is 1. The molecule has 2 atom stereocenters. The van der Waals surface area contributed by atoms with E-state index in [-0.39, 0.29) is 5.41 Å². The van der Waals surface area contributed by atoms with Crippen molar-refractivity contribution in [3.05, 3.63) is 29.8 Å². The second-order valence-electron chi connectivity index (χ2n) is 6.48. The summed E-state index contributed by atoms with van der Waals surface area (Å²) in [5, 5.41) is 3.24. The molecule has 0 amide bonds. The van der Waals surface area contributed by atoms with Crippen molar-refractivity contribution in [2.75, 3.05) is 11.9 Å². The molecule has 4 heteroatoms. The molecule has 2 saturated carbocycles. The fourth-order valence-electron chi connectivity index (χ4n) is 3.80. The van der Waals surface area contributed by atoms with Crippen molar-refractivity contribution < 1.29 is 4.74 Å². The molecule has 2 aliphatic carbocycles. The standard InChI is InChI=1S/C18H27N3O/c1-3-13-7-5-8-14(11-13)20-17(19)21-15-12-16(22-4-2)18(15)9-6-10-18/h5,7-8,11,15-16H,3-4,6,9-10,12H2,1-2H3,(H3,19,20,21). The first-order chi connectivity index (χ1) is 10.7. The zero-order chi connectivity index (χ0) is 15.6. The zero-order valence-corrected chi connectivity index (χ0v) is 13.6. The highest BCUT2D eigenvalue weighted by Crippen LogP contribution is 2.58. The number of anilines is 1. The molecule has 4 nitrogen and oxygen atoms in total. The summed E-state index contributed by atoms with van der Waals surface area (Å²) in [5.41, 5.74) is 8.71. The molecular formula is C18H27N3O. The molecular weight excluding hydrogens is 274 g/mol. The summed E-state index contributed by atoms with van der Waals surface area (Å²) in [4.78, 5) is 4.74. The van der Waals surface area contributed by atoms with E-state index in [0.29, 0.717) is 18.1 Å². The highest BCUT2D eigenvalue weighted by atomic mass is 16.5. The lowest BCUT2D eigenvalue weighted by molar-refractivity contribution is -0.162. The summed E-state index contributed by atoms with van der Waals surface area (Å²) >= 11 is 0. The Bertz CT molecular complexity index is 551. The van der Waals surface area contributed by atoms with Gasteiger partial charge in [0, 0.05) is 17.7 Å². The molecule has 2 unspecified atom stereocenters. The summed E-state index contributed by atoms with van der Waals surface area (Å²) in [5.74, 6) is 0.527. The van der Waals surface area contributed by atoms with Crippen LogP contribution in [0.4, 0.5) is 5.69 Å². The van der Waals surface area contributed by atoms with E-state index in [4.69, 9.17) is 15.5 Å². The third-order valence-electron chi connectivity index (χ3n) is 5.30. The Hall–Kier alpha value is -1.55. The molecule has 0 saturated heterocycles. The Balaban J connectivity index is 1.65. The van der Waals surface area contributed by atoms with Gasteiger partial charge in [-0.2, -0.15) is 0 Å². The number of nitrogens with zero attached hydrogens (tertiary/aromatic N) is 1. The van der Waals surface area contributed by atoms with Crippen LogP contribution in [-0.2, 0) is 11.2 Å². The highest BCUT2D eigenvalue weighted by molar-refractivity contribution is 5.92. The van der Waals surface area contributed by atoms with Gasteiger partial charge in [-0.15, -0.1) is 0 Å². The fourth-order valence-corrected chi connectivity index (χ4v) is 3.80. The Labute approximate surface area is 133 Å². The molecule has 2 fully saturated rings. The minimum absolute atomic E-state index is 0.271. The Morgan fingerprint density at radius 3 is 2.86 bits per heavy atom. The molecule has 0 heterocycles. The van der Waals surface area contributed by atoms with Crippen LogP contribution in [0.25, 0.3) is 0 Å². The summed E-state index contributed by atoms with van der Waals surface area (Å²) < 4.78 is 5.87. The average Bonchev–Trinajstić information content (AvgIpc) is 2.44. The molecule has 1 aromatic rings. The highest BCUT2D eigenvalue weighted by Gasteiger charge is 2.59. The first-order valence-corrected chi connectivity index (χ1v) is 8.48. The van der Waals surface area contributed by atoms with E-state index < -0.39 is 0 Å². The van der Waals surface area contributed by atoms with Crippen molar-refractivity contribution in [1.29, 1.82) is 0 Å². The molecule has 0 radical (unpaired) electrons. The maximum absolute atomic E-state index is 6.13. The van der Waals surface area contributed by atoms with Crippen LogP contribution in [0.2, 0.25) is 0 Å². The minimum atomic E-state index is 0.271. The van der Waals surface area contributed by atoms with Crippen molar-refractivity contribution in [3.63, 3.8) is 0 Å². The molecule has 2 aliphatic rings. The minimum Gasteiger partial charge on any atom is -0.378 e. The number of aliphatic imine (C=N–C) groups is 1.